The molecule has 7 atom stereocenters. The standard InChI is InChI=1S/C16H22F2O4/c1-8-4-5-11-9(2)12(13(17)18)19-14-16(11)10(8)6-7-15(3,20-14)21-22-16/h8-11,14H,4-7H2,1-3H3/t8-,9-,10+,11+,14-,15-,16-/m1/s1. The molecule has 4 aliphatic heterocycles. The Morgan fingerprint density at radius 2 is 1.86 bits per heavy atom. The zero-order valence-electron chi connectivity index (χ0n) is 13.1. The number of rotatable bonds is 0. The van der Waals surface area contributed by atoms with Gasteiger partial charge in [0.15, 0.2) is 11.4 Å². The van der Waals surface area contributed by atoms with Crippen molar-refractivity contribution in [1.82, 2.24) is 0 Å². The van der Waals surface area contributed by atoms with E-state index in [2.05, 4.69) is 6.92 Å². The Morgan fingerprint density at radius 3 is 2.59 bits per heavy atom. The molecule has 1 aliphatic carbocycles. The zero-order valence-corrected chi connectivity index (χ0v) is 13.1. The molecule has 6 heteroatoms. The minimum Gasteiger partial charge on any atom is -0.460 e. The van der Waals surface area contributed by atoms with Crippen molar-refractivity contribution in [1.29, 1.82) is 0 Å². The second-order valence-corrected chi connectivity index (χ2v) is 7.44. The van der Waals surface area contributed by atoms with Gasteiger partial charge < -0.3 is 9.47 Å². The van der Waals surface area contributed by atoms with E-state index in [1.807, 2.05) is 0 Å². The summed E-state index contributed by atoms with van der Waals surface area (Å²) in [5.41, 5.74) is -0.772. The monoisotopic (exact) mass is 316 g/mol. The maximum atomic E-state index is 13.3. The van der Waals surface area contributed by atoms with Crippen LogP contribution in [0.1, 0.15) is 46.5 Å². The summed E-state index contributed by atoms with van der Waals surface area (Å²) < 4.78 is 38.2. The molecule has 0 amide bonds. The summed E-state index contributed by atoms with van der Waals surface area (Å²) in [5, 5.41) is 0. The summed E-state index contributed by atoms with van der Waals surface area (Å²) in [4.78, 5) is 11.5. The highest BCUT2D eigenvalue weighted by Gasteiger charge is 2.69. The molecule has 0 aromatic rings. The van der Waals surface area contributed by atoms with Gasteiger partial charge in [-0.05, 0) is 32.1 Å². The highest BCUT2D eigenvalue weighted by atomic mass is 19.3. The van der Waals surface area contributed by atoms with Crippen LogP contribution in [0.5, 0.6) is 0 Å². The number of hydrogen-bond acceptors (Lipinski definition) is 4. The van der Waals surface area contributed by atoms with Crippen LogP contribution in [-0.4, -0.2) is 17.7 Å². The molecule has 0 unspecified atom stereocenters. The molecule has 2 bridgehead atoms. The van der Waals surface area contributed by atoms with Crippen molar-refractivity contribution in [3.05, 3.63) is 11.8 Å². The van der Waals surface area contributed by atoms with E-state index in [9.17, 15) is 8.78 Å². The van der Waals surface area contributed by atoms with E-state index in [1.165, 1.54) is 0 Å². The van der Waals surface area contributed by atoms with Crippen LogP contribution in [0.3, 0.4) is 0 Å². The molecule has 4 nitrogen and oxygen atoms in total. The zero-order chi connectivity index (χ0) is 15.7. The molecule has 5 rings (SSSR count). The fourth-order valence-electron chi connectivity index (χ4n) is 5.01. The highest BCUT2D eigenvalue weighted by Crippen LogP contribution is 2.61. The third-order valence-electron chi connectivity index (χ3n) is 6.21. The topological polar surface area (TPSA) is 36.9 Å². The third kappa shape index (κ3) is 1.77. The van der Waals surface area contributed by atoms with Gasteiger partial charge in [0.05, 0.1) is 0 Å². The molecule has 4 heterocycles. The molecule has 1 spiro atoms. The predicted molar refractivity (Wildman–Crippen MR) is 72.3 cm³/mol. The van der Waals surface area contributed by atoms with Crippen LogP contribution in [0.4, 0.5) is 8.78 Å². The molecular weight excluding hydrogens is 294 g/mol. The van der Waals surface area contributed by atoms with E-state index in [0.717, 1.165) is 19.3 Å². The molecule has 5 aliphatic rings. The van der Waals surface area contributed by atoms with Gasteiger partial charge in [0.2, 0.25) is 12.1 Å². The van der Waals surface area contributed by atoms with E-state index in [0.29, 0.717) is 12.3 Å². The Bertz CT molecular complexity index is 520. The van der Waals surface area contributed by atoms with Crippen LogP contribution < -0.4 is 0 Å². The lowest BCUT2D eigenvalue weighted by Gasteiger charge is -2.58. The first-order valence-corrected chi connectivity index (χ1v) is 8.14. The van der Waals surface area contributed by atoms with Crippen molar-refractivity contribution in [2.45, 2.75) is 64.1 Å². The van der Waals surface area contributed by atoms with Gasteiger partial charge in [0.1, 0.15) is 0 Å². The smallest absolute Gasteiger partial charge is 0.308 e. The van der Waals surface area contributed by atoms with Gasteiger partial charge in [-0.1, -0.05) is 13.8 Å². The lowest BCUT2D eigenvalue weighted by Crippen LogP contribution is -2.68. The number of fused-ring (bicyclic) bond motifs is 2. The van der Waals surface area contributed by atoms with Crippen molar-refractivity contribution >= 4 is 0 Å². The van der Waals surface area contributed by atoms with E-state index in [1.54, 1.807) is 13.8 Å². The molecule has 0 aromatic carbocycles. The largest absolute Gasteiger partial charge is 0.460 e. The van der Waals surface area contributed by atoms with Crippen molar-refractivity contribution in [2.24, 2.45) is 23.7 Å². The number of allylic oxidation sites excluding steroid dienone is 1. The molecule has 22 heavy (non-hydrogen) atoms. The Morgan fingerprint density at radius 1 is 1.09 bits per heavy atom. The third-order valence-corrected chi connectivity index (χ3v) is 6.21. The molecule has 5 fully saturated rings. The maximum absolute atomic E-state index is 13.3. The fourth-order valence-corrected chi connectivity index (χ4v) is 5.01. The van der Waals surface area contributed by atoms with Crippen molar-refractivity contribution in [3.63, 3.8) is 0 Å². The van der Waals surface area contributed by atoms with Gasteiger partial charge in [-0.15, -0.1) is 0 Å². The van der Waals surface area contributed by atoms with Crippen LogP contribution in [-0.2, 0) is 19.2 Å². The van der Waals surface area contributed by atoms with Crippen molar-refractivity contribution in [3.8, 4) is 0 Å². The SMILES string of the molecule is C[C@@H]1CC[C@H]2[C@@H](C)C(=C(F)F)O[C@@H]3O[C@@]4(C)CC[C@@H]1[C@]32OO4. The Labute approximate surface area is 128 Å². The first-order valence-electron chi connectivity index (χ1n) is 8.14. The molecular formula is C16H22F2O4. The minimum atomic E-state index is -1.76. The fraction of sp³-hybridized carbons (Fsp3) is 0.875. The minimum absolute atomic E-state index is 0.0772. The van der Waals surface area contributed by atoms with Gasteiger partial charge in [-0.25, -0.2) is 9.78 Å². The number of hydrogen-bond donors (Lipinski definition) is 0. The Hall–Kier alpha value is -0.720. The number of halogens is 2. The van der Waals surface area contributed by atoms with Gasteiger partial charge >= 0.3 is 6.08 Å². The molecule has 0 N–H and O–H groups in total. The van der Waals surface area contributed by atoms with Gasteiger partial charge in [0.25, 0.3) is 0 Å². The predicted octanol–water partition coefficient (Wildman–Crippen LogP) is 3.98. The molecule has 0 aromatic heterocycles. The first-order chi connectivity index (χ1) is 10.4. The Balaban J connectivity index is 1.84. The molecule has 4 saturated heterocycles. The van der Waals surface area contributed by atoms with Gasteiger partial charge in [-0.2, -0.15) is 8.78 Å². The van der Waals surface area contributed by atoms with Gasteiger partial charge in [0, 0.05) is 24.2 Å². The lowest BCUT2D eigenvalue weighted by atomic mass is 9.58. The Kier molecular flexibility index (Phi) is 3.14. The average molecular weight is 316 g/mol. The summed E-state index contributed by atoms with van der Waals surface area (Å²) in [6.07, 6.45) is 0.833. The number of ether oxygens (including phenoxy) is 2. The average Bonchev–Trinajstić information content (AvgIpc) is 2.69. The normalized spacial score (nSPS) is 53.5. The lowest BCUT2D eigenvalue weighted by molar-refractivity contribution is -0.562. The van der Waals surface area contributed by atoms with Gasteiger partial charge in [-0.3, -0.25) is 0 Å². The summed E-state index contributed by atoms with van der Waals surface area (Å²) in [6.45, 7) is 5.77. The van der Waals surface area contributed by atoms with E-state index < -0.39 is 29.7 Å². The maximum Gasteiger partial charge on any atom is 0.308 e. The van der Waals surface area contributed by atoms with Crippen molar-refractivity contribution in [2.75, 3.05) is 0 Å². The van der Waals surface area contributed by atoms with E-state index in [4.69, 9.17) is 19.2 Å². The highest BCUT2D eigenvalue weighted by molar-refractivity contribution is 5.16. The first kappa shape index (κ1) is 14.8. The van der Waals surface area contributed by atoms with E-state index >= 15 is 0 Å². The molecule has 124 valence electrons. The van der Waals surface area contributed by atoms with Crippen LogP contribution >= 0.6 is 0 Å². The van der Waals surface area contributed by atoms with Crippen molar-refractivity contribution < 1.29 is 28.0 Å². The quantitative estimate of drug-likeness (QED) is 0.634. The summed E-state index contributed by atoms with van der Waals surface area (Å²) in [7, 11) is 0. The van der Waals surface area contributed by atoms with Crippen LogP contribution in [0.25, 0.3) is 0 Å². The summed E-state index contributed by atoms with van der Waals surface area (Å²) in [5.74, 6) is -1.00. The van der Waals surface area contributed by atoms with Crippen LogP contribution in [0.15, 0.2) is 11.8 Å². The van der Waals surface area contributed by atoms with E-state index in [-0.39, 0.29) is 17.6 Å². The molecule has 1 saturated carbocycles. The second kappa shape index (κ2) is 4.65. The summed E-state index contributed by atoms with van der Waals surface area (Å²) in [6, 6.07) is 0. The van der Waals surface area contributed by atoms with Crippen LogP contribution in [0.2, 0.25) is 0 Å². The second-order valence-electron chi connectivity index (χ2n) is 7.44. The summed E-state index contributed by atoms with van der Waals surface area (Å²) >= 11 is 0. The van der Waals surface area contributed by atoms with Crippen LogP contribution in [0, 0.1) is 23.7 Å². The molecule has 0 radical (unpaired) electrons.